The summed E-state index contributed by atoms with van der Waals surface area (Å²) in [6.07, 6.45) is 0. The summed E-state index contributed by atoms with van der Waals surface area (Å²) < 4.78 is 19.7. The zero-order chi connectivity index (χ0) is 18.9. The maximum atomic E-state index is 14.7. The van der Waals surface area contributed by atoms with E-state index in [4.69, 9.17) is 4.74 Å². The molecule has 0 aliphatic rings. The molecule has 0 amide bonds. The topological polar surface area (TPSA) is 59.2 Å². The van der Waals surface area contributed by atoms with Crippen LogP contribution in [0.4, 0.5) is 0 Å². The van der Waals surface area contributed by atoms with E-state index in [9.17, 15) is 9.36 Å². The van der Waals surface area contributed by atoms with E-state index in [1.54, 1.807) is 0 Å². The molecule has 4 nitrogen and oxygen atoms in total. The van der Waals surface area contributed by atoms with Crippen LogP contribution in [0.25, 0.3) is 10.9 Å². The number of rotatable bonds is 4. The van der Waals surface area contributed by atoms with E-state index >= 15 is 0 Å². The lowest BCUT2D eigenvalue weighted by atomic mass is 10.2. The highest BCUT2D eigenvalue weighted by Gasteiger charge is 2.37. The number of nitrogens with one attached hydrogen (secondary N) is 1. The summed E-state index contributed by atoms with van der Waals surface area (Å²) in [5.74, 6) is -0.534. The van der Waals surface area contributed by atoms with Gasteiger partial charge in [0, 0.05) is 21.5 Å². The number of aromatic amines is 1. The molecule has 0 atom stereocenters. The number of H-pyrrole nitrogens is 1. The van der Waals surface area contributed by atoms with Crippen molar-refractivity contribution in [3.63, 3.8) is 0 Å². The molecule has 27 heavy (non-hydrogen) atoms. The van der Waals surface area contributed by atoms with Crippen LogP contribution in [0.2, 0.25) is 0 Å². The van der Waals surface area contributed by atoms with Gasteiger partial charge in [-0.05, 0) is 6.07 Å². The first-order valence-electron chi connectivity index (χ1n) is 8.57. The minimum absolute atomic E-state index is 0.231. The Balaban J connectivity index is 2.14. The second-order valence-electron chi connectivity index (χ2n) is 6.17. The minimum Gasteiger partial charge on any atom is -0.464 e. The Morgan fingerprint density at radius 3 is 1.89 bits per heavy atom. The van der Waals surface area contributed by atoms with E-state index < -0.39 is 13.1 Å². The van der Waals surface area contributed by atoms with Gasteiger partial charge in [-0.3, -0.25) is 0 Å². The lowest BCUT2D eigenvalue weighted by Crippen LogP contribution is -2.28. The minimum atomic E-state index is -3.31. The van der Waals surface area contributed by atoms with E-state index in [1.807, 2.05) is 84.9 Å². The third-order valence-electron chi connectivity index (χ3n) is 4.62. The lowest BCUT2D eigenvalue weighted by molar-refractivity contribution is 0.0596. The summed E-state index contributed by atoms with van der Waals surface area (Å²) >= 11 is 0. The van der Waals surface area contributed by atoms with Crippen molar-refractivity contribution in [1.82, 2.24) is 4.98 Å². The molecular weight excluding hydrogens is 357 g/mol. The summed E-state index contributed by atoms with van der Waals surface area (Å²) in [6, 6.07) is 26.1. The molecule has 5 heteroatoms. The number of ether oxygens (including phenoxy) is 1. The number of methoxy groups -OCH3 is 1. The van der Waals surface area contributed by atoms with Crippen LogP contribution in [0, 0.1) is 0 Å². The van der Waals surface area contributed by atoms with Crippen LogP contribution in [-0.4, -0.2) is 18.1 Å². The van der Waals surface area contributed by atoms with Crippen molar-refractivity contribution in [2.24, 2.45) is 0 Å². The number of hydrogen-bond donors (Lipinski definition) is 1. The van der Waals surface area contributed by atoms with Gasteiger partial charge in [-0.25, -0.2) is 4.79 Å². The molecule has 0 bridgehead atoms. The summed E-state index contributed by atoms with van der Waals surface area (Å²) in [5.41, 5.74) is 0.981. The van der Waals surface area contributed by atoms with Gasteiger partial charge in [0.1, 0.15) is 5.69 Å². The van der Waals surface area contributed by atoms with Gasteiger partial charge in [0.05, 0.1) is 12.4 Å². The Morgan fingerprint density at radius 2 is 1.33 bits per heavy atom. The van der Waals surface area contributed by atoms with Crippen LogP contribution in [-0.2, 0) is 9.30 Å². The molecule has 4 aromatic rings. The molecule has 3 aromatic carbocycles. The monoisotopic (exact) mass is 375 g/mol. The number of hydrogen-bond acceptors (Lipinski definition) is 3. The quantitative estimate of drug-likeness (QED) is 0.438. The third kappa shape index (κ3) is 2.79. The molecule has 1 aromatic heterocycles. The molecule has 0 spiro atoms. The summed E-state index contributed by atoms with van der Waals surface area (Å²) in [5, 5.41) is 2.59. The zero-order valence-electron chi connectivity index (χ0n) is 14.8. The standard InChI is InChI=1S/C22H18NO3P/c1-26-22(24)20-21(18-14-8-9-15-19(18)23-20)27(25,16-10-4-2-5-11-16)17-12-6-3-7-13-17/h2-15,23H,1H3. The van der Waals surface area contributed by atoms with Crippen molar-refractivity contribution >= 4 is 39.9 Å². The molecular formula is C22H18NO3P. The van der Waals surface area contributed by atoms with Crippen molar-refractivity contribution in [3.05, 3.63) is 90.6 Å². The number of aromatic nitrogens is 1. The SMILES string of the molecule is COC(=O)c1[nH]c2ccccc2c1P(=O)(c1ccccc1)c1ccccc1. The maximum absolute atomic E-state index is 14.7. The van der Waals surface area contributed by atoms with Crippen LogP contribution in [0.15, 0.2) is 84.9 Å². The van der Waals surface area contributed by atoms with Crippen molar-refractivity contribution in [2.45, 2.75) is 0 Å². The van der Waals surface area contributed by atoms with Crippen molar-refractivity contribution in [3.8, 4) is 0 Å². The highest BCUT2D eigenvalue weighted by Crippen LogP contribution is 2.45. The summed E-state index contributed by atoms with van der Waals surface area (Å²) in [6.45, 7) is 0. The number of benzene rings is 3. The number of carbonyl (C=O) groups is 1. The number of para-hydroxylation sites is 1. The fraction of sp³-hybridized carbons (Fsp3) is 0.0455. The second kappa shape index (κ2) is 6.90. The van der Waals surface area contributed by atoms with E-state index in [0.29, 0.717) is 15.9 Å². The predicted molar refractivity (Wildman–Crippen MR) is 109 cm³/mol. The molecule has 0 aliphatic heterocycles. The highest BCUT2D eigenvalue weighted by molar-refractivity contribution is 7.85. The highest BCUT2D eigenvalue weighted by atomic mass is 31.2. The number of carbonyl (C=O) groups excluding carboxylic acids is 1. The van der Waals surface area contributed by atoms with Gasteiger partial charge in [-0.1, -0.05) is 78.9 Å². The first-order valence-corrected chi connectivity index (χ1v) is 10.3. The molecule has 134 valence electrons. The van der Waals surface area contributed by atoms with Crippen LogP contribution in [0.5, 0.6) is 0 Å². The largest absolute Gasteiger partial charge is 0.464 e. The second-order valence-corrected chi connectivity index (χ2v) is 8.86. The van der Waals surface area contributed by atoms with Gasteiger partial charge >= 0.3 is 5.97 Å². The van der Waals surface area contributed by atoms with Crippen LogP contribution in [0.1, 0.15) is 10.5 Å². The molecule has 0 saturated carbocycles. The van der Waals surface area contributed by atoms with Crippen molar-refractivity contribution < 1.29 is 14.1 Å². The molecule has 4 rings (SSSR count). The Morgan fingerprint density at radius 1 is 0.815 bits per heavy atom. The molecule has 0 radical (unpaired) electrons. The Labute approximate surface area is 157 Å². The third-order valence-corrected chi connectivity index (χ3v) is 7.77. The van der Waals surface area contributed by atoms with Gasteiger partial charge in [0.15, 0.2) is 7.14 Å². The molecule has 0 unspecified atom stereocenters. The van der Waals surface area contributed by atoms with Crippen LogP contribution in [0.3, 0.4) is 0 Å². The van der Waals surface area contributed by atoms with Crippen LogP contribution < -0.4 is 15.9 Å². The lowest BCUT2D eigenvalue weighted by Gasteiger charge is -2.20. The summed E-state index contributed by atoms with van der Waals surface area (Å²) in [4.78, 5) is 15.7. The number of esters is 1. The first-order chi connectivity index (χ1) is 13.2. The molecule has 0 fully saturated rings. The fourth-order valence-electron chi connectivity index (χ4n) is 3.39. The van der Waals surface area contributed by atoms with E-state index in [-0.39, 0.29) is 5.69 Å². The molecule has 0 saturated heterocycles. The van der Waals surface area contributed by atoms with Gasteiger partial charge in [0.25, 0.3) is 0 Å². The van der Waals surface area contributed by atoms with E-state index in [0.717, 1.165) is 10.9 Å². The fourth-order valence-corrected chi connectivity index (χ4v) is 6.38. The molecule has 1 heterocycles. The molecule has 0 aliphatic carbocycles. The molecule has 1 N–H and O–H groups in total. The zero-order valence-corrected chi connectivity index (χ0v) is 15.6. The summed E-state index contributed by atoms with van der Waals surface area (Å²) in [7, 11) is -1.98. The average molecular weight is 375 g/mol. The van der Waals surface area contributed by atoms with Crippen LogP contribution >= 0.6 is 7.14 Å². The van der Waals surface area contributed by atoms with Crippen molar-refractivity contribution in [2.75, 3.05) is 7.11 Å². The van der Waals surface area contributed by atoms with Crippen molar-refractivity contribution in [1.29, 1.82) is 0 Å². The Kier molecular flexibility index (Phi) is 4.43. The predicted octanol–water partition coefficient (Wildman–Crippen LogP) is 3.59. The first kappa shape index (κ1) is 17.3. The van der Waals surface area contributed by atoms with Gasteiger partial charge in [-0.15, -0.1) is 0 Å². The van der Waals surface area contributed by atoms with Gasteiger partial charge < -0.3 is 14.3 Å². The van der Waals surface area contributed by atoms with E-state index in [2.05, 4.69) is 4.98 Å². The van der Waals surface area contributed by atoms with Gasteiger partial charge in [-0.2, -0.15) is 0 Å². The Bertz CT molecular complexity index is 1110. The smallest absolute Gasteiger partial charge is 0.355 e. The average Bonchev–Trinajstić information content (AvgIpc) is 3.14. The maximum Gasteiger partial charge on any atom is 0.355 e. The normalized spacial score (nSPS) is 11.4. The number of fused-ring (bicyclic) bond motifs is 1. The van der Waals surface area contributed by atoms with Gasteiger partial charge in [0.2, 0.25) is 0 Å². The van der Waals surface area contributed by atoms with E-state index in [1.165, 1.54) is 7.11 Å². The Hall–Kier alpha value is -3.10.